The molecule has 2 aromatic rings. The minimum absolute atomic E-state index is 0.134. The number of hydrogen-bond acceptors (Lipinski definition) is 5. The highest BCUT2D eigenvalue weighted by Gasteiger charge is 2.29. The lowest BCUT2D eigenvalue weighted by Crippen LogP contribution is -2.38. The third kappa shape index (κ3) is 4.60. The van der Waals surface area contributed by atoms with Crippen molar-refractivity contribution in [3.05, 3.63) is 47.5 Å². The fraction of sp³-hybridized carbons (Fsp3) is 0.409. The van der Waals surface area contributed by atoms with Gasteiger partial charge in [-0.25, -0.2) is 8.42 Å². The van der Waals surface area contributed by atoms with Gasteiger partial charge >= 0.3 is 0 Å². The molecule has 1 aliphatic rings. The van der Waals surface area contributed by atoms with Gasteiger partial charge in [0, 0.05) is 24.7 Å². The van der Waals surface area contributed by atoms with Gasteiger partial charge < -0.3 is 14.8 Å². The van der Waals surface area contributed by atoms with E-state index in [1.807, 2.05) is 0 Å². The van der Waals surface area contributed by atoms with E-state index >= 15 is 0 Å². The second kappa shape index (κ2) is 9.06. The lowest BCUT2D eigenvalue weighted by atomic mass is 10.0. The second-order valence-corrected chi connectivity index (χ2v) is 9.52. The first kappa shape index (κ1) is 22.1. The molecule has 0 aliphatic carbocycles. The summed E-state index contributed by atoms with van der Waals surface area (Å²) in [6.07, 6.45) is 1.69. The summed E-state index contributed by atoms with van der Waals surface area (Å²) >= 11 is 0. The van der Waals surface area contributed by atoms with Crippen LogP contribution in [0.3, 0.4) is 0 Å². The highest BCUT2D eigenvalue weighted by molar-refractivity contribution is 7.89. The van der Waals surface area contributed by atoms with Crippen LogP contribution in [0.25, 0.3) is 0 Å². The first-order valence-electron chi connectivity index (χ1n) is 9.90. The molecule has 1 fully saturated rings. The van der Waals surface area contributed by atoms with Crippen LogP contribution in [0.4, 0.5) is 5.69 Å². The number of carbonyl (C=O) groups excluding carboxylic acids is 1. The van der Waals surface area contributed by atoms with Gasteiger partial charge in [-0.2, -0.15) is 4.31 Å². The van der Waals surface area contributed by atoms with Crippen LogP contribution < -0.4 is 14.8 Å². The zero-order valence-corrected chi connectivity index (χ0v) is 18.6. The molecule has 162 valence electrons. The fourth-order valence-corrected chi connectivity index (χ4v) is 4.97. The molecule has 8 heteroatoms. The van der Waals surface area contributed by atoms with Crippen LogP contribution in [0.1, 0.15) is 35.7 Å². The Morgan fingerprint density at radius 1 is 1.07 bits per heavy atom. The Morgan fingerprint density at radius 2 is 1.77 bits per heavy atom. The number of sulfonamides is 1. The van der Waals surface area contributed by atoms with Crippen molar-refractivity contribution in [2.24, 2.45) is 5.92 Å². The van der Waals surface area contributed by atoms with E-state index in [1.54, 1.807) is 44.4 Å². The summed E-state index contributed by atoms with van der Waals surface area (Å²) in [5, 5.41) is 2.81. The van der Waals surface area contributed by atoms with Crippen LogP contribution in [-0.4, -0.2) is 45.9 Å². The number of piperidine rings is 1. The zero-order chi connectivity index (χ0) is 21.9. The lowest BCUT2D eigenvalue weighted by molar-refractivity contribution is 0.102. The predicted octanol–water partition coefficient (Wildman–Crippen LogP) is 3.69. The van der Waals surface area contributed by atoms with Gasteiger partial charge in [-0.15, -0.1) is 0 Å². The molecule has 0 spiro atoms. The van der Waals surface area contributed by atoms with Crippen LogP contribution in [0.15, 0.2) is 41.3 Å². The van der Waals surface area contributed by atoms with E-state index in [4.69, 9.17) is 9.47 Å². The van der Waals surface area contributed by atoms with E-state index in [2.05, 4.69) is 12.2 Å². The minimum atomic E-state index is -3.64. The molecule has 0 radical (unpaired) electrons. The average Bonchev–Trinajstić information content (AvgIpc) is 2.74. The molecule has 2 aromatic carbocycles. The molecule has 0 aromatic heterocycles. The Morgan fingerprint density at radius 3 is 2.40 bits per heavy atom. The topological polar surface area (TPSA) is 84.9 Å². The Labute approximate surface area is 178 Å². The number of aryl methyl sites for hydroxylation is 1. The van der Waals surface area contributed by atoms with Gasteiger partial charge in [0.25, 0.3) is 5.91 Å². The van der Waals surface area contributed by atoms with E-state index < -0.39 is 15.9 Å². The van der Waals surface area contributed by atoms with E-state index in [1.165, 1.54) is 17.5 Å². The number of anilines is 1. The summed E-state index contributed by atoms with van der Waals surface area (Å²) in [4.78, 5) is 13.1. The van der Waals surface area contributed by atoms with Crippen molar-refractivity contribution >= 4 is 21.6 Å². The van der Waals surface area contributed by atoms with Gasteiger partial charge in [-0.05, 0) is 55.5 Å². The first-order chi connectivity index (χ1) is 14.3. The van der Waals surface area contributed by atoms with Gasteiger partial charge in [0.05, 0.1) is 24.8 Å². The van der Waals surface area contributed by atoms with E-state index in [-0.39, 0.29) is 4.90 Å². The average molecular weight is 433 g/mol. The van der Waals surface area contributed by atoms with Gasteiger partial charge in [-0.3, -0.25) is 4.79 Å². The molecule has 1 heterocycles. The first-order valence-corrected chi connectivity index (χ1v) is 11.3. The second-order valence-electron chi connectivity index (χ2n) is 7.58. The quantitative estimate of drug-likeness (QED) is 0.753. The number of benzene rings is 2. The lowest BCUT2D eigenvalue weighted by Gasteiger charge is -2.29. The number of nitrogens with zero attached hydrogens (tertiary/aromatic N) is 1. The molecule has 30 heavy (non-hydrogen) atoms. The summed E-state index contributed by atoms with van der Waals surface area (Å²) in [5.74, 6) is 1.17. The summed E-state index contributed by atoms with van der Waals surface area (Å²) in [6.45, 7) is 4.91. The molecule has 1 aliphatic heterocycles. The van der Waals surface area contributed by atoms with Crippen molar-refractivity contribution in [3.8, 4) is 11.5 Å². The molecule has 1 N–H and O–H groups in total. The van der Waals surface area contributed by atoms with Crippen LogP contribution in [-0.2, 0) is 10.0 Å². The molecular formula is C22H28N2O5S. The molecule has 1 saturated heterocycles. The van der Waals surface area contributed by atoms with Gasteiger partial charge in [0.2, 0.25) is 10.0 Å². The van der Waals surface area contributed by atoms with Crippen LogP contribution >= 0.6 is 0 Å². The molecule has 0 atom stereocenters. The SMILES string of the molecule is COc1ccc(NC(=O)c2cc(S(=O)(=O)N3CCC(C)CC3)ccc2C)c(OC)c1. The Balaban J connectivity index is 1.87. The predicted molar refractivity (Wildman–Crippen MR) is 116 cm³/mol. The smallest absolute Gasteiger partial charge is 0.256 e. The number of hydrogen-bond donors (Lipinski definition) is 1. The molecule has 1 amide bonds. The molecule has 0 bridgehead atoms. The number of methoxy groups -OCH3 is 2. The van der Waals surface area contributed by atoms with Crippen molar-refractivity contribution < 1.29 is 22.7 Å². The maximum atomic E-state index is 13.1. The number of ether oxygens (including phenoxy) is 2. The Hall–Kier alpha value is -2.58. The third-order valence-electron chi connectivity index (χ3n) is 5.49. The maximum Gasteiger partial charge on any atom is 0.256 e. The minimum Gasteiger partial charge on any atom is -0.497 e. The number of amides is 1. The maximum absolute atomic E-state index is 13.1. The monoisotopic (exact) mass is 432 g/mol. The van der Waals surface area contributed by atoms with Gasteiger partial charge in [0.1, 0.15) is 11.5 Å². The highest BCUT2D eigenvalue weighted by Crippen LogP contribution is 2.30. The number of rotatable bonds is 6. The van der Waals surface area contributed by atoms with Crippen molar-refractivity contribution in [2.75, 3.05) is 32.6 Å². The van der Waals surface area contributed by atoms with Crippen molar-refractivity contribution in [2.45, 2.75) is 31.6 Å². The summed E-state index contributed by atoms with van der Waals surface area (Å²) in [6, 6.07) is 9.74. The van der Waals surface area contributed by atoms with Crippen molar-refractivity contribution in [3.63, 3.8) is 0 Å². The van der Waals surface area contributed by atoms with Crippen molar-refractivity contribution in [1.29, 1.82) is 0 Å². The van der Waals surface area contributed by atoms with E-state index in [0.717, 1.165) is 12.8 Å². The fourth-order valence-electron chi connectivity index (χ4n) is 3.47. The normalized spacial score (nSPS) is 15.6. The number of carbonyl (C=O) groups is 1. The van der Waals surface area contributed by atoms with E-state index in [9.17, 15) is 13.2 Å². The summed E-state index contributed by atoms with van der Waals surface area (Å²) in [5.41, 5.74) is 1.46. The summed E-state index contributed by atoms with van der Waals surface area (Å²) < 4.78 is 38.1. The van der Waals surface area contributed by atoms with Crippen molar-refractivity contribution in [1.82, 2.24) is 4.31 Å². The van der Waals surface area contributed by atoms with Crippen LogP contribution in [0.2, 0.25) is 0 Å². The largest absolute Gasteiger partial charge is 0.497 e. The van der Waals surface area contributed by atoms with Crippen LogP contribution in [0.5, 0.6) is 11.5 Å². The molecule has 0 unspecified atom stereocenters. The Bertz CT molecular complexity index is 1030. The highest BCUT2D eigenvalue weighted by atomic mass is 32.2. The summed E-state index contributed by atoms with van der Waals surface area (Å²) in [7, 11) is -0.592. The van der Waals surface area contributed by atoms with E-state index in [0.29, 0.717) is 47.3 Å². The molecule has 0 saturated carbocycles. The number of nitrogens with one attached hydrogen (secondary N) is 1. The van der Waals surface area contributed by atoms with Gasteiger partial charge in [-0.1, -0.05) is 13.0 Å². The zero-order valence-electron chi connectivity index (χ0n) is 17.8. The molecule has 3 rings (SSSR count). The van der Waals surface area contributed by atoms with Gasteiger partial charge in [0.15, 0.2) is 0 Å². The van der Waals surface area contributed by atoms with Crippen LogP contribution in [0, 0.1) is 12.8 Å². The third-order valence-corrected chi connectivity index (χ3v) is 7.39. The molecule has 7 nitrogen and oxygen atoms in total. The Kier molecular flexibility index (Phi) is 6.67. The molecular weight excluding hydrogens is 404 g/mol. The standard InChI is InChI=1S/C22H28N2O5S/c1-15-9-11-24(12-10-15)30(26,27)18-7-5-16(2)19(14-18)22(25)23-20-8-6-17(28-3)13-21(20)29-4/h5-8,13-15H,9-12H2,1-4H3,(H,23,25).